The first kappa shape index (κ1) is 14.4. The number of aromatic hydroxyl groups is 1. The summed E-state index contributed by atoms with van der Waals surface area (Å²) in [6.45, 7) is 0.344. The summed E-state index contributed by atoms with van der Waals surface area (Å²) in [6.07, 6.45) is 0. The maximum absolute atomic E-state index is 12.1. The van der Waals surface area contributed by atoms with Crippen LogP contribution in [0.1, 0.15) is 15.9 Å². The van der Waals surface area contributed by atoms with E-state index in [0.29, 0.717) is 22.3 Å². The van der Waals surface area contributed by atoms with Crippen LogP contribution in [0.4, 0.5) is 0 Å². The molecule has 0 aliphatic rings. The van der Waals surface area contributed by atoms with Gasteiger partial charge in [0.25, 0.3) is 5.91 Å². The monoisotopic (exact) mass is 335 g/mol. The lowest BCUT2D eigenvalue weighted by Gasteiger charge is -2.09. The van der Waals surface area contributed by atoms with E-state index >= 15 is 0 Å². The van der Waals surface area contributed by atoms with Crippen LogP contribution in [0.2, 0.25) is 0 Å². The van der Waals surface area contributed by atoms with Gasteiger partial charge in [0.05, 0.1) is 12.7 Å². The third-order valence-electron chi connectivity index (χ3n) is 2.78. The molecule has 1 amide bonds. The lowest BCUT2D eigenvalue weighted by atomic mass is 10.2. The summed E-state index contributed by atoms with van der Waals surface area (Å²) in [5.41, 5.74) is 1.34. The van der Waals surface area contributed by atoms with Gasteiger partial charge in [-0.1, -0.05) is 12.1 Å². The molecule has 2 aromatic carbocycles. The fourth-order valence-electron chi connectivity index (χ4n) is 1.75. The van der Waals surface area contributed by atoms with E-state index in [0.717, 1.165) is 5.56 Å². The van der Waals surface area contributed by atoms with Crippen molar-refractivity contribution >= 4 is 21.8 Å². The number of carbonyl (C=O) groups excluding carboxylic acids is 1. The summed E-state index contributed by atoms with van der Waals surface area (Å²) in [4.78, 5) is 12.1. The van der Waals surface area contributed by atoms with Gasteiger partial charge in [-0.05, 0) is 51.8 Å². The van der Waals surface area contributed by atoms with Gasteiger partial charge in [0.2, 0.25) is 0 Å². The van der Waals surface area contributed by atoms with Gasteiger partial charge in [-0.15, -0.1) is 0 Å². The summed E-state index contributed by atoms with van der Waals surface area (Å²) in [5, 5.41) is 12.2. The number of hydrogen-bond donors (Lipinski definition) is 2. The molecule has 2 aromatic rings. The number of halogens is 1. The van der Waals surface area contributed by atoms with Crippen LogP contribution in [0.25, 0.3) is 0 Å². The molecule has 2 rings (SSSR count). The fraction of sp³-hybridized carbons (Fsp3) is 0.133. The zero-order valence-corrected chi connectivity index (χ0v) is 12.5. The van der Waals surface area contributed by atoms with Gasteiger partial charge in [-0.25, -0.2) is 0 Å². The molecular formula is C15H14BrNO3. The first-order valence-electron chi connectivity index (χ1n) is 6.00. The van der Waals surface area contributed by atoms with Crippen molar-refractivity contribution in [2.45, 2.75) is 6.54 Å². The largest absolute Gasteiger partial charge is 0.508 e. The normalized spacial score (nSPS) is 10.1. The molecule has 0 saturated carbocycles. The number of rotatable bonds is 4. The minimum Gasteiger partial charge on any atom is -0.508 e. The molecule has 0 fully saturated rings. The van der Waals surface area contributed by atoms with Gasteiger partial charge in [-0.3, -0.25) is 4.79 Å². The third-order valence-corrected chi connectivity index (χ3v) is 3.47. The van der Waals surface area contributed by atoms with E-state index in [1.165, 1.54) is 0 Å². The van der Waals surface area contributed by atoms with Crippen molar-refractivity contribution in [3.63, 3.8) is 0 Å². The smallest absolute Gasteiger partial charge is 0.252 e. The van der Waals surface area contributed by atoms with Crippen LogP contribution in [0.3, 0.4) is 0 Å². The van der Waals surface area contributed by atoms with Crippen molar-refractivity contribution in [3.05, 3.63) is 58.1 Å². The molecule has 20 heavy (non-hydrogen) atoms. The lowest BCUT2D eigenvalue weighted by Crippen LogP contribution is -2.23. The van der Waals surface area contributed by atoms with E-state index in [2.05, 4.69) is 21.2 Å². The molecule has 0 aromatic heterocycles. The second-order valence-electron chi connectivity index (χ2n) is 4.20. The summed E-state index contributed by atoms with van der Waals surface area (Å²) >= 11 is 3.34. The van der Waals surface area contributed by atoms with Gasteiger partial charge in [-0.2, -0.15) is 0 Å². The average Bonchev–Trinajstić information content (AvgIpc) is 2.45. The number of ether oxygens (including phenoxy) is 1. The highest BCUT2D eigenvalue weighted by Gasteiger charge is 2.11. The van der Waals surface area contributed by atoms with E-state index in [-0.39, 0.29) is 11.7 Å². The number of methoxy groups -OCH3 is 1. The Hall–Kier alpha value is -2.01. The molecule has 0 spiro atoms. The first-order valence-corrected chi connectivity index (χ1v) is 6.79. The Bertz CT molecular complexity index is 628. The minimum atomic E-state index is -0.209. The summed E-state index contributed by atoms with van der Waals surface area (Å²) in [6, 6.07) is 12.0. The number of amides is 1. The van der Waals surface area contributed by atoms with Crippen molar-refractivity contribution in [2.75, 3.05) is 7.11 Å². The topological polar surface area (TPSA) is 58.6 Å². The van der Waals surface area contributed by atoms with E-state index < -0.39 is 0 Å². The molecule has 4 nitrogen and oxygen atoms in total. The maximum Gasteiger partial charge on any atom is 0.252 e. The number of benzene rings is 2. The van der Waals surface area contributed by atoms with Crippen LogP contribution in [-0.4, -0.2) is 18.1 Å². The Morgan fingerprint density at radius 2 is 2.10 bits per heavy atom. The van der Waals surface area contributed by atoms with Crippen molar-refractivity contribution in [1.29, 1.82) is 0 Å². The first-order chi connectivity index (χ1) is 9.60. The highest BCUT2D eigenvalue weighted by molar-refractivity contribution is 9.10. The average molecular weight is 336 g/mol. The SMILES string of the molecule is COc1ccc(Br)c(C(=O)NCc2cccc(O)c2)c1. The number of phenolic OH excluding ortho intramolecular Hbond substituents is 1. The molecule has 0 heterocycles. The zero-order valence-electron chi connectivity index (χ0n) is 10.9. The molecule has 0 unspecified atom stereocenters. The highest BCUT2D eigenvalue weighted by Crippen LogP contribution is 2.22. The molecule has 0 aliphatic heterocycles. The summed E-state index contributed by atoms with van der Waals surface area (Å²) in [5.74, 6) is 0.592. The molecule has 0 bridgehead atoms. The maximum atomic E-state index is 12.1. The van der Waals surface area contributed by atoms with E-state index in [1.54, 1.807) is 43.5 Å². The van der Waals surface area contributed by atoms with E-state index in [9.17, 15) is 9.90 Å². The van der Waals surface area contributed by atoms with Gasteiger partial charge in [0.1, 0.15) is 11.5 Å². The van der Waals surface area contributed by atoms with Crippen molar-refractivity contribution in [3.8, 4) is 11.5 Å². The Morgan fingerprint density at radius 1 is 1.30 bits per heavy atom. The molecule has 0 aliphatic carbocycles. The summed E-state index contributed by atoms with van der Waals surface area (Å²) in [7, 11) is 1.55. The minimum absolute atomic E-state index is 0.180. The Balaban J connectivity index is 2.08. The number of carbonyl (C=O) groups is 1. The number of phenols is 1. The quantitative estimate of drug-likeness (QED) is 0.902. The Labute approximate surface area is 125 Å². The molecule has 104 valence electrons. The molecule has 2 N–H and O–H groups in total. The lowest BCUT2D eigenvalue weighted by molar-refractivity contribution is 0.0949. The van der Waals surface area contributed by atoms with Crippen LogP contribution >= 0.6 is 15.9 Å². The second-order valence-corrected chi connectivity index (χ2v) is 5.05. The van der Waals surface area contributed by atoms with Gasteiger partial charge in [0, 0.05) is 11.0 Å². The predicted octanol–water partition coefficient (Wildman–Crippen LogP) is 3.09. The Kier molecular flexibility index (Phi) is 4.63. The second kappa shape index (κ2) is 6.43. The van der Waals surface area contributed by atoms with Gasteiger partial charge < -0.3 is 15.2 Å². The zero-order chi connectivity index (χ0) is 14.5. The van der Waals surface area contributed by atoms with Crippen LogP contribution in [0.5, 0.6) is 11.5 Å². The molecule has 0 atom stereocenters. The van der Waals surface area contributed by atoms with Crippen molar-refractivity contribution in [2.24, 2.45) is 0 Å². The number of hydrogen-bond acceptors (Lipinski definition) is 3. The van der Waals surface area contributed by atoms with Crippen LogP contribution in [0.15, 0.2) is 46.9 Å². The van der Waals surface area contributed by atoms with Crippen LogP contribution < -0.4 is 10.1 Å². The molecular weight excluding hydrogens is 322 g/mol. The Morgan fingerprint density at radius 3 is 2.80 bits per heavy atom. The molecule has 0 radical (unpaired) electrons. The number of nitrogens with one attached hydrogen (secondary N) is 1. The molecule has 0 saturated heterocycles. The van der Waals surface area contributed by atoms with E-state index in [4.69, 9.17) is 4.74 Å². The van der Waals surface area contributed by atoms with Crippen LogP contribution in [0, 0.1) is 0 Å². The standard InChI is InChI=1S/C15H14BrNO3/c1-20-12-5-6-14(16)13(8-12)15(19)17-9-10-3-2-4-11(18)7-10/h2-8,18H,9H2,1H3,(H,17,19). The van der Waals surface area contributed by atoms with Crippen molar-refractivity contribution in [1.82, 2.24) is 5.32 Å². The summed E-state index contributed by atoms with van der Waals surface area (Å²) < 4.78 is 5.81. The molecule has 5 heteroatoms. The van der Waals surface area contributed by atoms with Gasteiger partial charge in [0.15, 0.2) is 0 Å². The van der Waals surface area contributed by atoms with Crippen molar-refractivity contribution < 1.29 is 14.6 Å². The highest BCUT2D eigenvalue weighted by atomic mass is 79.9. The predicted molar refractivity (Wildman–Crippen MR) is 80.0 cm³/mol. The van der Waals surface area contributed by atoms with Crippen LogP contribution in [-0.2, 0) is 6.54 Å². The third kappa shape index (κ3) is 3.51. The fourth-order valence-corrected chi connectivity index (χ4v) is 2.18. The van der Waals surface area contributed by atoms with Gasteiger partial charge >= 0.3 is 0 Å². The van der Waals surface area contributed by atoms with E-state index in [1.807, 2.05) is 6.07 Å².